The first kappa shape index (κ1) is 27.3. The van der Waals surface area contributed by atoms with Gasteiger partial charge in [-0.15, -0.1) is 0 Å². The van der Waals surface area contributed by atoms with E-state index in [1.54, 1.807) is 48.4 Å². The molecule has 0 unspecified atom stereocenters. The van der Waals surface area contributed by atoms with Crippen molar-refractivity contribution in [3.8, 4) is 33.4 Å². The molecular weight excluding hydrogens is 540 g/mol. The molecule has 0 spiro atoms. The van der Waals surface area contributed by atoms with Gasteiger partial charge in [0.15, 0.2) is 0 Å². The number of nitrogen functional groups attached to an aromatic ring is 1. The second-order valence-electron chi connectivity index (χ2n) is 9.30. The van der Waals surface area contributed by atoms with Crippen molar-refractivity contribution in [1.82, 2.24) is 19.3 Å². The standard InChI is InChI=1S/C29H22F4N6O2/c1-38-13-20(12-36-38)19-10-23(27(34)35-11-19)17-4-8-22(9-5-17)37-28(41)25-15-39(16-29(31,32)33)14-24(26(25)40)18-2-6-21(30)7-3-18/h2-15H,16H2,1H3,(H2,34,35)(H,37,41). The summed E-state index contributed by atoms with van der Waals surface area (Å²) in [6.07, 6.45) is 2.40. The normalized spacial score (nSPS) is 11.4. The minimum absolute atomic E-state index is 0.172. The molecule has 0 fully saturated rings. The molecule has 12 heteroatoms. The van der Waals surface area contributed by atoms with Crippen LogP contribution in [0.25, 0.3) is 33.4 Å². The Hall–Kier alpha value is -5.26. The van der Waals surface area contributed by atoms with Gasteiger partial charge in [0.1, 0.15) is 23.7 Å². The van der Waals surface area contributed by atoms with Crippen LogP contribution in [-0.4, -0.2) is 31.4 Å². The average molecular weight is 563 g/mol. The Morgan fingerprint density at radius 2 is 1.56 bits per heavy atom. The number of aryl methyl sites for hydroxylation is 1. The van der Waals surface area contributed by atoms with Crippen molar-refractivity contribution in [3.63, 3.8) is 0 Å². The lowest BCUT2D eigenvalue weighted by Gasteiger charge is -2.14. The number of hydrogen-bond donors (Lipinski definition) is 2. The highest BCUT2D eigenvalue weighted by Gasteiger charge is 2.29. The van der Waals surface area contributed by atoms with Crippen LogP contribution in [0.15, 0.2) is 90.4 Å². The molecule has 8 nitrogen and oxygen atoms in total. The molecule has 5 rings (SSSR count). The number of nitrogens with one attached hydrogen (secondary N) is 1. The summed E-state index contributed by atoms with van der Waals surface area (Å²) in [6.45, 7) is -1.43. The summed E-state index contributed by atoms with van der Waals surface area (Å²) < 4.78 is 55.3. The number of carbonyl (C=O) groups excluding carboxylic acids is 1. The molecule has 0 radical (unpaired) electrons. The maximum atomic E-state index is 13.4. The fourth-order valence-corrected chi connectivity index (χ4v) is 4.29. The van der Waals surface area contributed by atoms with Gasteiger partial charge in [-0.1, -0.05) is 24.3 Å². The van der Waals surface area contributed by atoms with Crippen molar-refractivity contribution in [2.75, 3.05) is 11.1 Å². The first-order chi connectivity index (χ1) is 19.5. The Morgan fingerprint density at radius 1 is 0.902 bits per heavy atom. The SMILES string of the molecule is Cn1cc(-c2cnc(N)c(-c3ccc(NC(=O)c4cn(CC(F)(F)F)cc(-c5ccc(F)cc5)c4=O)cc3)c2)cn1. The van der Waals surface area contributed by atoms with Crippen LogP contribution in [-0.2, 0) is 13.6 Å². The van der Waals surface area contributed by atoms with E-state index in [0.717, 1.165) is 35.7 Å². The van der Waals surface area contributed by atoms with Gasteiger partial charge in [0.2, 0.25) is 5.43 Å². The monoisotopic (exact) mass is 562 g/mol. The van der Waals surface area contributed by atoms with Crippen LogP contribution >= 0.6 is 0 Å². The van der Waals surface area contributed by atoms with Crippen molar-refractivity contribution < 1.29 is 22.4 Å². The van der Waals surface area contributed by atoms with Crippen LogP contribution in [0.1, 0.15) is 10.4 Å². The summed E-state index contributed by atoms with van der Waals surface area (Å²) in [5, 5.41) is 6.72. The lowest BCUT2D eigenvalue weighted by Crippen LogP contribution is -2.27. The van der Waals surface area contributed by atoms with Gasteiger partial charge in [0.25, 0.3) is 5.91 Å². The zero-order valence-electron chi connectivity index (χ0n) is 21.5. The molecule has 2 aromatic carbocycles. The van der Waals surface area contributed by atoms with Crippen molar-refractivity contribution in [3.05, 3.63) is 107 Å². The molecule has 0 aliphatic heterocycles. The molecule has 0 atom stereocenters. The molecule has 3 heterocycles. The number of benzene rings is 2. The molecule has 0 bridgehead atoms. The van der Waals surface area contributed by atoms with Crippen LogP contribution < -0.4 is 16.5 Å². The molecule has 3 aromatic heterocycles. The van der Waals surface area contributed by atoms with E-state index in [1.165, 1.54) is 12.1 Å². The lowest BCUT2D eigenvalue weighted by molar-refractivity contribution is -0.140. The van der Waals surface area contributed by atoms with Gasteiger partial charge in [-0.05, 0) is 41.5 Å². The Morgan fingerprint density at radius 3 is 2.20 bits per heavy atom. The van der Waals surface area contributed by atoms with Gasteiger partial charge >= 0.3 is 6.18 Å². The number of halogens is 4. The molecule has 0 aliphatic carbocycles. The van der Waals surface area contributed by atoms with Crippen molar-refractivity contribution >= 4 is 17.4 Å². The van der Waals surface area contributed by atoms with E-state index in [0.29, 0.717) is 21.4 Å². The zero-order chi connectivity index (χ0) is 29.3. The number of carbonyl (C=O) groups is 1. The maximum Gasteiger partial charge on any atom is 0.406 e. The van der Waals surface area contributed by atoms with Crippen LogP contribution in [0, 0.1) is 5.82 Å². The van der Waals surface area contributed by atoms with Crippen LogP contribution in [0.3, 0.4) is 0 Å². The largest absolute Gasteiger partial charge is 0.406 e. The van der Waals surface area contributed by atoms with Crippen molar-refractivity contribution in [1.29, 1.82) is 0 Å². The van der Waals surface area contributed by atoms with Crippen molar-refractivity contribution in [2.24, 2.45) is 7.05 Å². The second-order valence-corrected chi connectivity index (χ2v) is 9.30. The molecule has 0 aliphatic rings. The number of nitrogens with zero attached hydrogens (tertiary/aromatic N) is 4. The quantitative estimate of drug-likeness (QED) is 0.265. The number of aromatic nitrogens is 4. The summed E-state index contributed by atoms with van der Waals surface area (Å²) >= 11 is 0. The predicted octanol–water partition coefficient (Wildman–Crippen LogP) is 5.51. The summed E-state index contributed by atoms with van der Waals surface area (Å²) in [5.41, 5.74) is 8.10. The number of amides is 1. The van der Waals surface area contributed by atoms with E-state index in [9.17, 15) is 27.2 Å². The summed E-state index contributed by atoms with van der Waals surface area (Å²) in [6, 6.07) is 13.0. The van der Waals surface area contributed by atoms with Crippen LogP contribution in [0.4, 0.5) is 29.1 Å². The first-order valence-corrected chi connectivity index (χ1v) is 12.2. The van der Waals surface area contributed by atoms with Gasteiger partial charge in [-0.2, -0.15) is 18.3 Å². The number of rotatable bonds is 6. The van der Waals surface area contributed by atoms with E-state index in [4.69, 9.17) is 5.73 Å². The number of anilines is 2. The minimum atomic E-state index is -4.61. The van der Waals surface area contributed by atoms with E-state index >= 15 is 0 Å². The number of nitrogens with two attached hydrogens (primary N) is 1. The molecular formula is C29H22F4N6O2. The van der Waals surface area contributed by atoms with Crippen molar-refractivity contribution in [2.45, 2.75) is 12.7 Å². The molecule has 3 N–H and O–H groups in total. The van der Waals surface area contributed by atoms with E-state index in [-0.39, 0.29) is 16.9 Å². The van der Waals surface area contributed by atoms with Gasteiger partial charge < -0.3 is 15.6 Å². The van der Waals surface area contributed by atoms with Gasteiger partial charge in [0.05, 0.1) is 6.20 Å². The number of alkyl halides is 3. The summed E-state index contributed by atoms with van der Waals surface area (Å²) in [4.78, 5) is 30.5. The zero-order valence-corrected chi connectivity index (χ0v) is 21.5. The smallest absolute Gasteiger partial charge is 0.383 e. The van der Waals surface area contributed by atoms with E-state index in [2.05, 4.69) is 15.4 Å². The van der Waals surface area contributed by atoms with Gasteiger partial charge in [-0.25, -0.2) is 9.37 Å². The first-order valence-electron chi connectivity index (χ1n) is 12.2. The second kappa shape index (κ2) is 10.7. The van der Waals surface area contributed by atoms with Crippen LogP contribution in [0.2, 0.25) is 0 Å². The third kappa shape index (κ3) is 6.16. The Labute approximate surface area is 230 Å². The molecule has 208 valence electrons. The lowest BCUT2D eigenvalue weighted by atomic mass is 10.0. The number of pyridine rings is 2. The highest BCUT2D eigenvalue weighted by atomic mass is 19.4. The van der Waals surface area contributed by atoms with Gasteiger partial charge in [0, 0.05) is 59.8 Å². The summed E-state index contributed by atoms with van der Waals surface area (Å²) in [7, 11) is 1.80. The molecule has 5 aromatic rings. The predicted molar refractivity (Wildman–Crippen MR) is 146 cm³/mol. The Balaban J connectivity index is 1.44. The molecule has 41 heavy (non-hydrogen) atoms. The third-order valence-electron chi connectivity index (χ3n) is 6.25. The van der Waals surface area contributed by atoms with Gasteiger partial charge in [-0.3, -0.25) is 14.3 Å². The highest BCUT2D eigenvalue weighted by molar-refractivity contribution is 6.04. The van der Waals surface area contributed by atoms with E-state index < -0.39 is 35.4 Å². The molecule has 0 saturated heterocycles. The topological polar surface area (TPSA) is 108 Å². The third-order valence-corrected chi connectivity index (χ3v) is 6.25. The van der Waals surface area contributed by atoms with E-state index in [1.807, 2.05) is 12.3 Å². The Bertz CT molecular complexity index is 1790. The number of hydrogen-bond acceptors (Lipinski definition) is 5. The maximum absolute atomic E-state index is 13.4. The molecule has 0 saturated carbocycles. The molecule has 1 amide bonds. The van der Waals surface area contributed by atoms with Crippen LogP contribution in [0.5, 0.6) is 0 Å². The minimum Gasteiger partial charge on any atom is -0.383 e. The average Bonchev–Trinajstić information content (AvgIpc) is 3.36. The summed E-state index contributed by atoms with van der Waals surface area (Å²) in [5.74, 6) is -1.19. The fourth-order valence-electron chi connectivity index (χ4n) is 4.29. The Kier molecular flexibility index (Phi) is 7.14. The highest BCUT2D eigenvalue weighted by Crippen LogP contribution is 2.30. The fraction of sp³-hybridized carbons (Fsp3) is 0.103.